The minimum Gasteiger partial charge on any atom is -0.450 e. The Bertz CT molecular complexity index is 437. The van der Waals surface area contributed by atoms with Crippen LogP contribution < -0.4 is 16.4 Å². The van der Waals surface area contributed by atoms with Gasteiger partial charge in [-0.25, -0.2) is 9.79 Å². The number of nitrogens with two attached hydrogens (primary N) is 1. The molecule has 2 amide bonds. The monoisotopic (exact) mass is 327 g/mol. The maximum Gasteiger partial charge on any atom is 0.409 e. The van der Waals surface area contributed by atoms with Crippen LogP contribution >= 0.6 is 0 Å². The van der Waals surface area contributed by atoms with Gasteiger partial charge in [-0.2, -0.15) is 0 Å². The molecule has 1 heterocycles. The van der Waals surface area contributed by atoms with Crippen molar-refractivity contribution in [3.63, 3.8) is 0 Å². The van der Waals surface area contributed by atoms with E-state index in [0.717, 1.165) is 12.8 Å². The van der Waals surface area contributed by atoms with Gasteiger partial charge in [0.2, 0.25) is 5.91 Å². The molecular weight excluding hydrogens is 298 g/mol. The van der Waals surface area contributed by atoms with Crippen LogP contribution in [0.3, 0.4) is 0 Å². The Morgan fingerprint density at radius 1 is 1.30 bits per heavy atom. The predicted octanol–water partition coefficient (Wildman–Crippen LogP) is 0.426. The Morgan fingerprint density at radius 3 is 2.43 bits per heavy atom. The van der Waals surface area contributed by atoms with E-state index < -0.39 is 0 Å². The largest absolute Gasteiger partial charge is 0.450 e. The van der Waals surface area contributed by atoms with Crippen molar-refractivity contribution in [3.05, 3.63) is 0 Å². The Morgan fingerprint density at radius 2 is 1.91 bits per heavy atom. The maximum absolute atomic E-state index is 11.7. The summed E-state index contributed by atoms with van der Waals surface area (Å²) in [6.07, 6.45) is 1.26. The maximum atomic E-state index is 11.7. The van der Waals surface area contributed by atoms with Crippen molar-refractivity contribution in [2.24, 2.45) is 10.7 Å². The zero-order chi connectivity index (χ0) is 17.5. The van der Waals surface area contributed by atoms with Gasteiger partial charge in [-0.05, 0) is 40.5 Å². The number of piperidine rings is 1. The summed E-state index contributed by atoms with van der Waals surface area (Å²) in [6.45, 7) is 9.14. The number of likely N-dealkylation sites (tertiary alicyclic amines) is 1. The molecule has 4 N–H and O–H groups in total. The molecule has 1 aliphatic heterocycles. The van der Waals surface area contributed by atoms with Crippen molar-refractivity contribution in [2.45, 2.75) is 52.1 Å². The van der Waals surface area contributed by atoms with Gasteiger partial charge in [0, 0.05) is 24.7 Å². The second-order valence-electron chi connectivity index (χ2n) is 6.60. The van der Waals surface area contributed by atoms with E-state index >= 15 is 0 Å². The number of aliphatic imine (C=N–C) groups is 1. The number of nitrogens with one attached hydrogen (secondary N) is 2. The summed E-state index contributed by atoms with van der Waals surface area (Å²) < 4.78 is 4.98. The molecule has 0 saturated carbocycles. The topological polar surface area (TPSA) is 109 Å². The summed E-state index contributed by atoms with van der Waals surface area (Å²) in [5, 5.41) is 5.92. The van der Waals surface area contributed by atoms with Crippen molar-refractivity contribution in [3.8, 4) is 0 Å². The zero-order valence-electron chi connectivity index (χ0n) is 14.5. The zero-order valence-corrected chi connectivity index (χ0v) is 14.5. The van der Waals surface area contributed by atoms with Crippen LogP contribution in [-0.2, 0) is 9.53 Å². The average Bonchev–Trinajstić information content (AvgIpc) is 2.44. The molecule has 0 radical (unpaired) electrons. The van der Waals surface area contributed by atoms with Gasteiger partial charge in [-0.3, -0.25) is 4.79 Å². The van der Waals surface area contributed by atoms with Crippen molar-refractivity contribution in [1.29, 1.82) is 0 Å². The van der Waals surface area contributed by atoms with Gasteiger partial charge in [0.1, 0.15) is 6.54 Å². The highest BCUT2D eigenvalue weighted by Crippen LogP contribution is 2.11. The van der Waals surface area contributed by atoms with E-state index in [-0.39, 0.29) is 36.1 Å². The number of nitrogens with zero attached hydrogens (tertiary/aromatic N) is 2. The molecule has 1 saturated heterocycles. The number of rotatable bonds is 4. The van der Waals surface area contributed by atoms with Gasteiger partial charge in [0.25, 0.3) is 0 Å². The second kappa shape index (κ2) is 8.59. The van der Waals surface area contributed by atoms with E-state index in [9.17, 15) is 9.59 Å². The molecule has 23 heavy (non-hydrogen) atoms. The van der Waals surface area contributed by atoms with Crippen molar-refractivity contribution in [1.82, 2.24) is 15.5 Å². The van der Waals surface area contributed by atoms with Crippen LogP contribution in [0.25, 0.3) is 0 Å². The predicted molar refractivity (Wildman–Crippen MR) is 89.1 cm³/mol. The molecule has 132 valence electrons. The number of hydrogen-bond donors (Lipinski definition) is 3. The molecule has 0 aromatic carbocycles. The number of ether oxygens (including phenoxy) is 1. The molecule has 0 unspecified atom stereocenters. The van der Waals surface area contributed by atoms with Gasteiger partial charge in [-0.1, -0.05) is 0 Å². The fourth-order valence-corrected chi connectivity index (χ4v) is 2.29. The Kier molecular flexibility index (Phi) is 7.12. The average molecular weight is 327 g/mol. The molecule has 8 nitrogen and oxygen atoms in total. The highest BCUT2D eigenvalue weighted by atomic mass is 16.6. The van der Waals surface area contributed by atoms with Crippen LogP contribution in [0, 0.1) is 0 Å². The SMILES string of the molecule is CCOC(=O)N1CCC(NC(N)=NCC(=O)NC(C)(C)C)CC1. The summed E-state index contributed by atoms with van der Waals surface area (Å²) >= 11 is 0. The van der Waals surface area contributed by atoms with Gasteiger partial charge in [0.15, 0.2) is 5.96 Å². The van der Waals surface area contributed by atoms with Gasteiger partial charge in [-0.15, -0.1) is 0 Å². The summed E-state index contributed by atoms with van der Waals surface area (Å²) in [6, 6.07) is 0.148. The molecule has 0 aromatic heterocycles. The van der Waals surface area contributed by atoms with Crippen molar-refractivity contribution < 1.29 is 14.3 Å². The second-order valence-corrected chi connectivity index (χ2v) is 6.60. The molecule has 0 atom stereocenters. The molecule has 1 rings (SSSR count). The number of amides is 2. The molecule has 0 bridgehead atoms. The molecule has 0 aromatic rings. The van der Waals surface area contributed by atoms with E-state index in [4.69, 9.17) is 10.5 Å². The first-order valence-corrected chi connectivity index (χ1v) is 8.00. The molecule has 1 fully saturated rings. The van der Waals surface area contributed by atoms with E-state index in [1.54, 1.807) is 11.8 Å². The Labute approximate surface area is 137 Å². The van der Waals surface area contributed by atoms with Gasteiger partial charge < -0.3 is 26.0 Å². The summed E-state index contributed by atoms with van der Waals surface area (Å²) in [7, 11) is 0. The highest BCUT2D eigenvalue weighted by Gasteiger charge is 2.23. The van der Waals surface area contributed by atoms with Gasteiger partial charge in [0.05, 0.1) is 6.61 Å². The van der Waals surface area contributed by atoms with E-state index in [2.05, 4.69) is 15.6 Å². The van der Waals surface area contributed by atoms with Crippen LogP contribution in [0.2, 0.25) is 0 Å². The molecular formula is C15H29N5O3. The number of guanidine groups is 1. The lowest BCUT2D eigenvalue weighted by atomic mass is 10.1. The molecule has 8 heteroatoms. The third-order valence-electron chi connectivity index (χ3n) is 3.28. The number of hydrogen-bond acceptors (Lipinski definition) is 4. The summed E-state index contributed by atoms with van der Waals surface area (Å²) in [5.74, 6) is 0.0861. The van der Waals surface area contributed by atoms with E-state index in [0.29, 0.717) is 19.7 Å². The van der Waals surface area contributed by atoms with Crippen LogP contribution in [0.15, 0.2) is 4.99 Å². The molecule has 0 aliphatic carbocycles. The first kappa shape index (κ1) is 19.1. The molecule has 0 spiro atoms. The summed E-state index contributed by atoms with van der Waals surface area (Å²) in [4.78, 5) is 29.0. The lowest BCUT2D eigenvalue weighted by Gasteiger charge is -2.31. The first-order valence-electron chi connectivity index (χ1n) is 8.00. The fraction of sp³-hybridized carbons (Fsp3) is 0.800. The lowest BCUT2D eigenvalue weighted by Crippen LogP contribution is -2.49. The van der Waals surface area contributed by atoms with E-state index in [1.165, 1.54) is 0 Å². The highest BCUT2D eigenvalue weighted by molar-refractivity contribution is 5.84. The van der Waals surface area contributed by atoms with Crippen molar-refractivity contribution >= 4 is 18.0 Å². The van der Waals surface area contributed by atoms with Crippen LogP contribution in [0.5, 0.6) is 0 Å². The minimum atomic E-state index is -0.283. The quantitative estimate of drug-likeness (QED) is 0.512. The van der Waals surface area contributed by atoms with Crippen molar-refractivity contribution in [2.75, 3.05) is 26.2 Å². The number of carbonyl (C=O) groups excluding carboxylic acids is 2. The Balaban J connectivity index is 2.33. The molecule has 1 aliphatic rings. The summed E-state index contributed by atoms with van der Waals surface area (Å²) in [5.41, 5.74) is 5.53. The lowest BCUT2D eigenvalue weighted by molar-refractivity contribution is -0.121. The Hall–Kier alpha value is -1.99. The fourth-order valence-electron chi connectivity index (χ4n) is 2.29. The standard InChI is InChI=1S/C15H29N5O3/c1-5-23-14(22)20-8-6-11(7-9-20)18-13(16)17-10-12(21)19-15(2,3)4/h11H,5-10H2,1-4H3,(H,19,21)(H3,16,17,18). The number of carbonyl (C=O) groups is 2. The minimum absolute atomic E-state index is 0.00221. The normalized spacial score (nSPS) is 16.9. The smallest absolute Gasteiger partial charge is 0.409 e. The van der Waals surface area contributed by atoms with E-state index in [1.807, 2.05) is 20.8 Å². The van der Waals surface area contributed by atoms with Crippen LogP contribution in [-0.4, -0.2) is 60.7 Å². The third kappa shape index (κ3) is 7.71. The van der Waals surface area contributed by atoms with Gasteiger partial charge >= 0.3 is 6.09 Å². The third-order valence-corrected chi connectivity index (χ3v) is 3.28. The van der Waals surface area contributed by atoms with Crippen LogP contribution in [0.1, 0.15) is 40.5 Å². The van der Waals surface area contributed by atoms with Crippen LogP contribution in [0.4, 0.5) is 4.79 Å². The first-order chi connectivity index (χ1) is 10.7.